The van der Waals surface area contributed by atoms with Gasteiger partial charge in [0.05, 0.1) is 0 Å². The highest BCUT2D eigenvalue weighted by atomic mass is 16.6. The van der Waals surface area contributed by atoms with Crippen LogP contribution in [0.2, 0.25) is 0 Å². The van der Waals surface area contributed by atoms with Crippen LogP contribution in [0.3, 0.4) is 0 Å². The minimum absolute atomic E-state index is 0.192. The van der Waals surface area contributed by atoms with Crippen LogP contribution in [0.15, 0.2) is 0 Å². The minimum Gasteiger partial charge on any atom is -0.445 e. The Bertz CT molecular complexity index is 297. The van der Waals surface area contributed by atoms with E-state index in [9.17, 15) is 19.5 Å². The first-order valence-corrected chi connectivity index (χ1v) is 4.52. The van der Waals surface area contributed by atoms with Crippen LogP contribution >= 0.6 is 0 Å². The van der Waals surface area contributed by atoms with Crippen molar-refractivity contribution in [3.8, 4) is 0 Å². The first-order valence-electron chi connectivity index (χ1n) is 4.52. The predicted molar refractivity (Wildman–Crippen MR) is 47.0 cm³/mol. The smallest absolute Gasteiger partial charge is 0.378 e. The summed E-state index contributed by atoms with van der Waals surface area (Å²) < 4.78 is 9.23. The molecule has 0 aliphatic carbocycles. The normalized spacial score (nSPS) is 27.7. The Kier molecular flexibility index (Phi) is 3.54. The van der Waals surface area contributed by atoms with Crippen molar-refractivity contribution in [2.45, 2.75) is 31.7 Å². The van der Waals surface area contributed by atoms with Crippen molar-refractivity contribution < 1.29 is 29.0 Å². The Morgan fingerprint density at radius 2 is 2.20 bits per heavy atom. The summed E-state index contributed by atoms with van der Waals surface area (Å²) in [6.45, 7) is 1.60. The van der Waals surface area contributed by atoms with Crippen molar-refractivity contribution in [1.29, 1.82) is 0 Å². The molecule has 15 heavy (non-hydrogen) atoms. The summed E-state index contributed by atoms with van der Waals surface area (Å²) >= 11 is 0. The second-order valence-electron chi connectivity index (χ2n) is 3.17. The lowest BCUT2D eigenvalue weighted by Gasteiger charge is -2.16. The van der Waals surface area contributed by atoms with Gasteiger partial charge in [0.1, 0.15) is 6.10 Å². The van der Waals surface area contributed by atoms with Gasteiger partial charge in [0.2, 0.25) is 5.78 Å². The molecular weight excluding hydrogens is 204 g/mol. The average molecular weight is 216 g/mol. The molecule has 1 N–H and O–H groups in total. The van der Waals surface area contributed by atoms with Gasteiger partial charge in [-0.05, 0) is 6.42 Å². The fraction of sp³-hybridized carbons (Fsp3) is 0.667. The second kappa shape index (κ2) is 4.50. The quantitative estimate of drug-likeness (QED) is 0.470. The third-order valence-corrected chi connectivity index (χ3v) is 2.22. The molecule has 0 aromatic carbocycles. The SMILES string of the molecule is CCC(O)C(=O)[C@H]1OC(=O)C(=O)C1OC. The highest BCUT2D eigenvalue weighted by Crippen LogP contribution is 2.17. The zero-order chi connectivity index (χ0) is 11.6. The maximum atomic E-state index is 11.5. The van der Waals surface area contributed by atoms with Crippen molar-refractivity contribution in [2.24, 2.45) is 0 Å². The largest absolute Gasteiger partial charge is 0.445 e. The topological polar surface area (TPSA) is 89.9 Å². The molecule has 1 rings (SSSR count). The van der Waals surface area contributed by atoms with Gasteiger partial charge >= 0.3 is 5.97 Å². The number of cyclic esters (lactones) is 1. The molecule has 1 aliphatic rings. The lowest BCUT2D eigenvalue weighted by Crippen LogP contribution is -2.40. The molecule has 6 heteroatoms. The zero-order valence-corrected chi connectivity index (χ0v) is 8.43. The van der Waals surface area contributed by atoms with Crippen LogP contribution < -0.4 is 0 Å². The van der Waals surface area contributed by atoms with Crippen LogP contribution in [-0.4, -0.2) is 48.1 Å². The molecule has 0 amide bonds. The van der Waals surface area contributed by atoms with E-state index in [1.165, 1.54) is 7.11 Å². The number of hydrogen-bond donors (Lipinski definition) is 1. The Morgan fingerprint density at radius 1 is 1.60 bits per heavy atom. The molecule has 1 aliphatic heterocycles. The zero-order valence-electron chi connectivity index (χ0n) is 8.43. The van der Waals surface area contributed by atoms with Gasteiger partial charge in [-0.3, -0.25) is 9.59 Å². The van der Waals surface area contributed by atoms with Gasteiger partial charge in [0, 0.05) is 7.11 Å². The number of ether oxygens (including phenoxy) is 2. The number of rotatable bonds is 4. The van der Waals surface area contributed by atoms with E-state index < -0.39 is 35.8 Å². The van der Waals surface area contributed by atoms with E-state index in [-0.39, 0.29) is 6.42 Å². The monoisotopic (exact) mass is 216 g/mol. The summed E-state index contributed by atoms with van der Waals surface area (Å²) in [5.74, 6) is -2.69. The summed E-state index contributed by atoms with van der Waals surface area (Å²) in [6.07, 6.45) is -3.60. The fourth-order valence-corrected chi connectivity index (χ4v) is 1.32. The van der Waals surface area contributed by atoms with Crippen LogP contribution in [-0.2, 0) is 23.9 Å². The van der Waals surface area contributed by atoms with E-state index in [1.54, 1.807) is 6.92 Å². The van der Waals surface area contributed by atoms with Crippen molar-refractivity contribution in [3.05, 3.63) is 0 Å². The van der Waals surface area contributed by atoms with E-state index in [4.69, 9.17) is 4.74 Å². The molecule has 3 atom stereocenters. The van der Waals surface area contributed by atoms with Crippen LogP contribution in [0, 0.1) is 0 Å². The first kappa shape index (κ1) is 11.8. The summed E-state index contributed by atoms with van der Waals surface area (Å²) in [7, 11) is 1.20. The standard InChI is InChI=1S/C9H12O6/c1-3-4(10)5(11)8-7(14-2)6(12)9(13)15-8/h4,7-8,10H,3H2,1-2H3/t4?,7?,8-/m1/s1. The molecule has 1 heterocycles. The average Bonchev–Trinajstić information content (AvgIpc) is 2.53. The number of aliphatic hydroxyl groups excluding tert-OH is 1. The highest BCUT2D eigenvalue weighted by Gasteiger charge is 2.48. The highest BCUT2D eigenvalue weighted by molar-refractivity contribution is 6.38. The van der Waals surface area contributed by atoms with Crippen molar-refractivity contribution in [2.75, 3.05) is 7.11 Å². The molecule has 84 valence electrons. The summed E-state index contributed by atoms with van der Waals surface area (Å²) in [4.78, 5) is 33.5. The van der Waals surface area contributed by atoms with Gasteiger partial charge < -0.3 is 14.6 Å². The Morgan fingerprint density at radius 3 is 2.67 bits per heavy atom. The van der Waals surface area contributed by atoms with Gasteiger partial charge in [0.15, 0.2) is 12.2 Å². The number of Topliss-reactive ketones (excluding diaryl/α,β-unsaturated/α-hetero) is 2. The van der Waals surface area contributed by atoms with Crippen molar-refractivity contribution in [1.82, 2.24) is 0 Å². The second-order valence-corrected chi connectivity index (χ2v) is 3.17. The van der Waals surface area contributed by atoms with E-state index in [0.29, 0.717) is 0 Å². The molecule has 6 nitrogen and oxygen atoms in total. The number of ketones is 2. The molecular formula is C9H12O6. The van der Waals surface area contributed by atoms with Gasteiger partial charge in [-0.2, -0.15) is 0 Å². The third-order valence-electron chi connectivity index (χ3n) is 2.22. The van der Waals surface area contributed by atoms with Crippen molar-refractivity contribution in [3.63, 3.8) is 0 Å². The Labute approximate surface area is 86.2 Å². The maximum absolute atomic E-state index is 11.5. The molecule has 1 fully saturated rings. The summed E-state index contributed by atoms with van der Waals surface area (Å²) in [6, 6.07) is 0. The molecule has 0 radical (unpaired) electrons. The Balaban J connectivity index is 2.82. The van der Waals surface area contributed by atoms with Crippen LogP contribution in [0.5, 0.6) is 0 Å². The van der Waals surface area contributed by atoms with Crippen LogP contribution in [0.1, 0.15) is 13.3 Å². The molecule has 1 saturated heterocycles. The molecule has 0 bridgehead atoms. The number of carbonyl (C=O) groups excluding carboxylic acids is 3. The first-order chi connectivity index (χ1) is 7.02. The van der Waals surface area contributed by atoms with Gasteiger partial charge in [-0.15, -0.1) is 0 Å². The lowest BCUT2D eigenvalue weighted by atomic mass is 10.0. The molecule has 0 aromatic rings. The number of carbonyl (C=O) groups is 3. The number of esters is 1. The van der Waals surface area contributed by atoms with Crippen LogP contribution in [0.25, 0.3) is 0 Å². The summed E-state index contributed by atoms with van der Waals surface area (Å²) in [5, 5.41) is 9.26. The van der Waals surface area contributed by atoms with E-state index >= 15 is 0 Å². The van der Waals surface area contributed by atoms with Gasteiger partial charge in [-0.1, -0.05) is 6.92 Å². The minimum atomic E-state index is -1.31. The van der Waals surface area contributed by atoms with E-state index in [0.717, 1.165) is 0 Å². The van der Waals surface area contributed by atoms with Gasteiger partial charge in [0.25, 0.3) is 5.78 Å². The fourth-order valence-electron chi connectivity index (χ4n) is 1.32. The molecule has 0 saturated carbocycles. The lowest BCUT2D eigenvalue weighted by molar-refractivity contribution is -0.154. The molecule has 2 unspecified atom stereocenters. The van der Waals surface area contributed by atoms with E-state index in [1.807, 2.05) is 0 Å². The van der Waals surface area contributed by atoms with Gasteiger partial charge in [-0.25, -0.2) is 4.79 Å². The maximum Gasteiger partial charge on any atom is 0.378 e. The number of hydrogen-bond acceptors (Lipinski definition) is 6. The molecule has 0 spiro atoms. The van der Waals surface area contributed by atoms with Crippen molar-refractivity contribution >= 4 is 17.5 Å². The summed E-state index contributed by atoms with van der Waals surface area (Å²) in [5.41, 5.74) is 0. The predicted octanol–water partition coefficient (Wildman–Crippen LogP) is -1.16. The Hall–Kier alpha value is -1.27. The van der Waals surface area contributed by atoms with E-state index in [2.05, 4.69) is 4.74 Å². The number of methoxy groups -OCH3 is 1. The van der Waals surface area contributed by atoms with Crippen LogP contribution in [0.4, 0.5) is 0 Å². The third kappa shape index (κ3) is 2.05. The molecule has 0 aromatic heterocycles. The number of aliphatic hydroxyl groups is 1.